The highest BCUT2D eigenvalue weighted by molar-refractivity contribution is 5.76. The Morgan fingerprint density at radius 3 is 2.62 bits per heavy atom. The molecule has 1 aromatic heterocycles. The van der Waals surface area contributed by atoms with Crippen LogP contribution >= 0.6 is 0 Å². The summed E-state index contributed by atoms with van der Waals surface area (Å²) in [4.78, 5) is 17.0. The van der Waals surface area contributed by atoms with Gasteiger partial charge >= 0.3 is 0 Å². The molecule has 0 atom stereocenters. The zero-order valence-corrected chi connectivity index (χ0v) is 10.3. The smallest absolute Gasteiger partial charge is 0.150 e. The van der Waals surface area contributed by atoms with Crippen LogP contribution in [-0.4, -0.2) is 31.4 Å². The average Bonchev–Trinajstić information content (AvgIpc) is 2.38. The molecule has 90 valence electrons. The van der Waals surface area contributed by atoms with Gasteiger partial charge in [0.2, 0.25) is 0 Å². The Kier molecular flexibility index (Phi) is 8.07. The van der Waals surface area contributed by atoms with E-state index < -0.39 is 0 Å². The number of nitrogens with two attached hydrogens (primary N) is 1. The van der Waals surface area contributed by atoms with Crippen molar-refractivity contribution in [2.24, 2.45) is 5.73 Å². The lowest BCUT2D eigenvalue weighted by Gasteiger charge is -2.20. The quantitative estimate of drug-likeness (QED) is 0.772. The molecule has 4 nitrogen and oxygen atoms in total. The predicted molar refractivity (Wildman–Crippen MR) is 67.9 cm³/mol. The number of hydrogen-bond acceptors (Lipinski definition) is 4. The van der Waals surface area contributed by atoms with Gasteiger partial charge in [-0.05, 0) is 32.5 Å². The van der Waals surface area contributed by atoms with Crippen LogP contribution in [0.2, 0.25) is 0 Å². The summed E-state index contributed by atoms with van der Waals surface area (Å²) < 4.78 is 0. The van der Waals surface area contributed by atoms with Crippen LogP contribution in [0.25, 0.3) is 0 Å². The van der Waals surface area contributed by atoms with Crippen LogP contribution in [0, 0.1) is 0 Å². The summed E-state index contributed by atoms with van der Waals surface area (Å²) in [5.41, 5.74) is 5.18. The molecule has 0 bridgehead atoms. The second-order valence-electron chi connectivity index (χ2n) is 3.14. The summed E-state index contributed by atoms with van der Waals surface area (Å²) in [5.74, 6) is 0.888. The third-order valence-corrected chi connectivity index (χ3v) is 2.10. The first-order chi connectivity index (χ1) is 7.81. The second kappa shape index (κ2) is 8.85. The molecule has 1 aromatic rings. The first-order valence-corrected chi connectivity index (χ1v) is 5.55. The lowest BCUT2D eigenvalue weighted by Crippen LogP contribution is -2.24. The van der Waals surface area contributed by atoms with Crippen molar-refractivity contribution < 1.29 is 4.79 Å². The zero-order valence-electron chi connectivity index (χ0n) is 10.3. The number of aromatic nitrogens is 1. The van der Waals surface area contributed by atoms with Crippen LogP contribution in [0.1, 0.15) is 30.6 Å². The maximum Gasteiger partial charge on any atom is 0.150 e. The van der Waals surface area contributed by atoms with Crippen molar-refractivity contribution in [2.45, 2.75) is 20.3 Å². The maximum absolute atomic E-state index is 10.6. The zero-order chi connectivity index (χ0) is 12.4. The van der Waals surface area contributed by atoms with E-state index in [-0.39, 0.29) is 0 Å². The Bertz CT molecular complexity index is 302. The topological polar surface area (TPSA) is 59.2 Å². The fourth-order valence-electron chi connectivity index (χ4n) is 1.38. The molecule has 0 radical (unpaired) electrons. The van der Waals surface area contributed by atoms with E-state index in [1.165, 1.54) is 7.05 Å². The number of carbonyl (C=O) groups is 1. The van der Waals surface area contributed by atoms with Gasteiger partial charge in [-0.2, -0.15) is 0 Å². The summed E-state index contributed by atoms with van der Waals surface area (Å²) in [7, 11) is 1.50. The molecule has 4 heteroatoms. The monoisotopic (exact) mass is 223 g/mol. The van der Waals surface area contributed by atoms with Crippen LogP contribution in [0.4, 0.5) is 5.82 Å². The third-order valence-electron chi connectivity index (χ3n) is 2.10. The van der Waals surface area contributed by atoms with Gasteiger partial charge in [-0.15, -0.1) is 0 Å². The van der Waals surface area contributed by atoms with E-state index in [1.807, 2.05) is 6.07 Å². The fourth-order valence-corrected chi connectivity index (χ4v) is 1.38. The average molecular weight is 223 g/mol. The van der Waals surface area contributed by atoms with Crippen LogP contribution in [-0.2, 0) is 0 Å². The molecular weight excluding hydrogens is 202 g/mol. The van der Waals surface area contributed by atoms with Crippen molar-refractivity contribution in [3.8, 4) is 0 Å². The third kappa shape index (κ3) is 4.40. The summed E-state index contributed by atoms with van der Waals surface area (Å²) in [5, 5.41) is 0. The number of hydrogen-bond donors (Lipinski definition) is 1. The minimum absolute atomic E-state index is 0.685. The van der Waals surface area contributed by atoms with E-state index in [0.29, 0.717) is 5.56 Å². The highest BCUT2D eigenvalue weighted by atomic mass is 16.1. The Labute approximate surface area is 97.5 Å². The molecule has 0 fully saturated rings. The molecule has 0 saturated carbocycles. The van der Waals surface area contributed by atoms with Gasteiger partial charge in [-0.25, -0.2) is 4.98 Å². The van der Waals surface area contributed by atoms with E-state index in [4.69, 9.17) is 0 Å². The summed E-state index contributed by atoms with van der Waals surface area (Å²) in [6.45, 7) is 6.12. The minimum atomic E-state index is 0.685. The van der Waals surface area contributed by atoms with Crippen molar-refractivity contribution >= 4 is 12.1 Å². The van der Waals surface area contributed by atoms with Crippen LogP contribution in [0.15, 0.2) is 18.3 Å². The van der Waals surface area contributed by atoms with Gasteiger partial charge in [0.15, 0.2) is 0 Å². The largest absolute Gasteiger partial charge is 0.357 e. The molecule has 0 spiro atoms. The number of nitrogens with zero attached hydrogens (tertiary/aromatic N) is 2. The van der Waals surface area contributed by atoms with Gasteiger partial charge in [-0.3, -0.25) is 4.79 Å². The lowest BCUT2D eigenvalue weighted by molar-refractivity contribution is 0.112. The lowest BCUT2D eigenvalue weighted by atomic mass is 10.2. The normalized spacial score (nSPS) is 9.00. The Morgan fingerprint density at radius 2 is 2.12 bits per heavy atom. The van der Waals surface area contributed by atoms with Crippen LogP contribution < -0.4 is 10.6 Å². The Balaban J connectivity index is 0.00000106. The van der Waals surface area contributed by atoms with E-state index in [9.17, 15) is 4.79 Å². The number of pyridine rings is 1. The molecule has 16 heavy (non-hydrogen) atoms. The number of aldehydes is 1. The molecule has 0 aliphatic rings. The molecule has 0 aliphatic heterocycles. The van der Waals surface area contributed by atoms with Gasteiger partial charge in [0.1, 0.15) is 12.1 Å². The van der Waals surface area contributed by atoms with Gasteiger partial charge < -0.3 is 10.6 Å². The Morgan fingerprint density at radius 1 is 1.44 bits per heavy atom. The summed E-state index contributed by atoms with van der Waals surface area (Å²) >= 11 is 0. The summed E-state index contributed by atoms with van der Waals surface area (Å²) in [6.07, 6.45) is 3.61. The van der Waals surface area contributed by atoms with Gasteiger partial charge in [0, 0.05) is 24.8 Å². The van der Waals surface area contributed by atoms with Gasteiger partial charge in [0.25, 0.3) is 0 Å². The standard InChI is InChI=1S/C11H16N2O.CH5N/c1-3-7-13(4-2)11-8-10(9-14)5-6-12-11;1-2/h5-6,8-9H,3-4,7H2,1-2H3;2H2,1H3. The molecule has 0 amide bonds. The molecular formula is C12H21N3O. The molecule has 0 aromatic carbocycles. The highest BCUT2D eigenvalue weighted by Crippen LogP contribution is 2.11. The van der Waals surface area contributed by atoms with Crippen molar-refractivity contribution in [2.75, 3.05) is 25.0 Å². The van der Waals surface area contributed by atoms with Crippen molar-refractivity contribution in [3.05, 3.63) is 23.9 Å². The molecule has 0 aliphatic carbocycles. The van der Waals surface area contributed by atoms with E-state index in [2.05, 4.69) is 29.5 Å². The molecule has 1 rings (SSSR count). The number of anilines is 1. The summed E-state index contributed by atoms with van der Waals surface area (Å²) in [6, 6.07) is 3.54. The van der Waals surface area contributed by atoms with E-state index in [0.717, 1.165) is 31.6 Å². The highest BCUT2D eigenvalue weighted by Gasteiger charge is 2.04. The molecule has 2 N–H and O–H groups in total. The second-order valence-corrected chi connectivity index (χ2v) is 3.14. The van der Waals surface area contributed by atoms with Crippen molar-refractivity contribution in [3.63, 3.8) is 0 Å². The number of carbonyl (C=O) groups excluding carboxylic acids is 1. The molecule has 1 heterocycles. The molecule has 0 saturated heterocycles. The first-order valence-electron chi connectivity index (χ1n) is 5.55. The predicted octanol–water partition coefficient (Wildman–Crippen LogP) is 1.71. The number of rotatable bonds is 5. The first kappa shape index (κ1) is 14.6. The van der Waals surface area contributed by atoms with Crippen molar-refractivity contribution in [1.29, 1.82) is 0 Å². The van der Waals surface area contributed by atoms with Crippen molar-refractivity contribution in [1.82, 2.24) is 4.98 Å². The maximum atomic E-state index is 10.6. The fraction of sp³-hybridized carbons (Fsp3) is 0.500. The minimum Gasteiger partial charge on any atom is -0.357 e. The van der Waals surface area contributed by atoms with Gasteiger partial charge in [0.05, 0.1) is 0 Å². The molecule has 0 unspecified atom stereocenters. The van der Waals surface area contributed by atoms with Crippen LogP contribution in [0.3, 0.4) is 0 Å². The van der Waals surface area contributed by atoms with E-state index in [1.54, 1.807) is 12.3 Å². The van der Waals surface area contributed by atoms with E-state index >= 15 is 0 Å². The van der Waals surface area contributed by atoms with Crippen LogP contribution in [0.5, 0.6) is 0 Å². The Hall–Kier alpha value is -1.42. The van der Waals surface area contributed by atoms with Gasteiger partial charge in [-0.1, -0.05) is 6.92 Å². The SMILES string of the molecule is CCCN(CC)c1cc(C=O)ccn1.CN.